The first-order valence-electron chi connectivity index (χ1n) is 3.47. The molecule has 0 radical (unpaired) electrons. The fraction of sp³-hybridized carbons (Fsp3) is 0.286. The summed E-state index contributed by atoms with van der Waals surface area (Å²) in [7, 11) is 1.53. The minimum atomic E-state index is -0.303. The van der Waals surface area contributed by atoms with Gasteiger partial charge in [0.05, 0.1) is 11.2 Å². The molecule has 1 heterocycles. The number of aromatic nitrogens is 2. The van der Waals surface area contributed by atoms with Crippen LogP contribution in [0.4, 0.5) is 0 Å². The molecule has 1 aromatic heterocycles. The van der Waals surface area contributed by atoms with Crippen LogP contribution in [-0.2, 0) is 0 Å². The number of hydrogen-bond donors (Lipinski definition) is 1. The molecule has 0 bridgehead atoms. The Labute approximate surface area is 85.1 Å². The number of thioether (sulfide) groups is 1. The first-order chi connectivity index (χ1) is 6.19. The molecule has 0 spiro atoms. The summed E-state index contributed by atoms with van der Waals surface area (Å²) in [5.74, 6) is -0.303. The van der Waals surface area contributed by atoms with Crippen LogP contribution in [0.15, 0.2) is 11.4 Å². The van der Waals surface area contributed by atoms with E-state index in [0.717, 1.165) is 0 Å². The Morgan fingerprint density at radius 1 is 1.69 bits per heavy atom. The van der Waals surface area contributed by atoms with E-state index in [1.54, 1.807) is 0 Å². The van der Waals surface area contributed by atoms with E-state index in [-0.39, 0.29) is 16.6 Å². The molecule has 0 aromatic carbocycles. The predicted octanol–water partition coefficient (Wildman–Crippen LogP) is 1.21. The van der Waals surface area contributed by atoms with Gasteiger partial charge in [0.15, 0.2) is 10.9 Å². The predicted molar refractivity (Wildman–Crippen MR) is 52.2 cm³/mol. The average molecular weight is 218 g/mol. The molecule has 0 aliphatic rings. The average Bonchev–Trinajstić information content (AvgIpc) is 2.17. The fourth-order valence-corrected chi connectivity index (χ4v) is 1.24. The second-order valence-electron chi connectivity index (χ2n) is 2.13. The summed E-state index contributed by atoms with van der Waals surface area (Å²) in [6.07, 6.45) is 3.25. The van der Waals surface area contributed by atoms with Crippen LogP contribution in [0.2, 0.25) is 5.02 Å². The summed E-state index contributed by atoms with van der Waals surface area (Å²) in [5, 5.41) is 3.24. The van der Waals surface area contributed by atoms with Crippen LogP contribution in [0.1, 0.15) is 10.5 Å². The lowest BCUT2D eigenvalue weighted by atomic mass is 10.4. The fourth-order valence-electron chi connectivity index (χ4n) is 0.727. The van der Waals surface area contributed by atoms with E-state index in [1.165, 1.54) is 25.0 Å². The van der Waals surface area contributed by atoms with Gasteiger partial charge in [-0.25, -0.2) is 9.97 Å². The van der Waals surface area contributed by atoms with Gasteiger partial charge in [0.25, 0.3) is 5.91 Å². The quantitative estimate of drug-likeness (QED) is 0.598. The maximum atomic E-state index is 11.2. The van der Waals surface area contributed by atoms with Crippen molar-refractivity contribution in [3.8, 4) is 0 Å². The topological polar surface area (TPSA) is 54.9 Å². The van der Waals surface area contributed by atoms with Gasteiger partial charge in [0, 0.05) is 7.05 Å². The van der Waals surface area contributed by atoms with E-state index >= 15 is 0 Å². The Morgan fingerprint density at radius 3 is 2.92 bits per heavy atom. The lowest BCUT2D eigenvalue weighted by Gasteiger charge is -2.02. The summed E-state index contributed by atoms with van der Waals surface area (Å²) in [6, 6.07) is 0. The van der Waals surface area contributed by atoms with Crippen molar-refractivity contribution in [2.24, 2.45) is 0 Å². The van der Waals surface area contributed by atoms with Crippen molar-refractivity contribution in [1.29, 1.82) is 0 Å². The molecule has 0 atom stereocenters. The molecule has 0 fully saturated rings. The summed E-state index contributed by atoms with van der Waals surface area (Å²) in [4.78, 5) is 19.1. The molecule has 1 aromatic rings. The molecule has 1 amide bonds. The lowest BCUT2D eigenvalue weighted by Crippen LogP contribution is -2.20. The van der Waals surface area contributed by atoms with Gasteiger partial charge in [-0.2, -0.15) is 0 Å². The van der Waals surface area contributed by atoms with Crippen LogP contribution < -0.4 is 5.32 Å². The van der Waals surface area contributed by atoms with Gasteiger partial charge in [0.1, 0.15) is 0 Å². The van der Waals surface area contributed by atoms with Crippen LogP contribution >= 0.6 is 23.4 Å². The molecule has 0 saturated heterocycles. The van der Waals surface area contributed by atoms with Crippen molar-refractivity contribution in [3.63, 3.8) is 0 Å². The van der Waals surface area contributed by atoms with Crippen molar-refractivity contribution in [3.05, 3.63) is 16.9 Å². The molecule has 1 N–H and O–H groups in total. The van der Waals surface area contributed by atoms with Crippen molar-refractivity contribution in [1.82, 2.24) is 15.3 Å². The molecule has 0 aliphatic carbocycles. The van der Waals surface area contributed by atoms with Gasteiger partial charge in [-0.15, -0.1) is 0 Å². The number of amides is 1. The molecule has 6 heteroatoms. The van der Waals surface area contributed by atoms with E-state index in [1.807, 2.05) is 6.26 Å². The Bertz CT molecular complexity index is 332. The van der Waals surface area contributed by atoms with Crippen LogP contribution in [0, 0.1) is 0 Å². The second kappa shape index (κ2) is 4.43. The first-order valence-corrected chi connectivity index (χ1v) is 5.08. The Kier molecular flexibility index (Phi) is 3.50. The molecule has 70 valence electrons. The zero-order valence-electron chi connectivity index (χ0n) is 7.17. The number of carbonyl (C=O) groups excluding carboxylic acids is 1. The van der Waals surface area contributed by atoms with Gasteiger partial charge in [0.2, 0.25) is 0 Å². The van der Waals surface area contributed by atoms with Crippen molar-refractivity contribution in [2.45, 2.75) is 5.16 Å². The Morgan fingerprint density at radius 2 is 2.38 bits per heavy atom. The number of nitrogens with one attached hydrogen (secondary N) is 1. The summed E-state index contributed by atoms with van der Waals surface area (Å²) >= 11 is 7.09. The summed E-state index contributed by atoms with van der Waals surface area (Å²) < 4.78 is 0. The van der Waals surface area contributed by atoms with E-state index in [4.69, 9.17) is 11.6 Å². The van der Waals surface area contributed by atoms with E-state index in [0.29, 0.717) is 5.16 Å². The lowest BCUT2D eigenvalue weighted by molar-refractivity contribution is 0.0957. The molecular formula is C7H8ClN3OS. The number of halogens is 1. The zero-order valence-corrected chi connectivity index (χ0v) is 8.74. The monoisotopic (exact) mass is 217 g/mol. The van der Waals surface area contributed by atoms with Crippen LogP contribution in [0.3, 0.4) is 0 Å². The molecule has 0 aliphatic heterocycles. The molecule has 4 nitrogen and oxygen atoms in total. The standard InChI is InChI=1S/C7H8ClN3OS/c1-9-6(12)5-4(8)3-10-7(11-5)13-2/h3H,1-2H3,(H,9,12). The smallest absolute Gasteiger partial charge is 0.271 e. The van der Waals surface area contributed by atoms with Gasteiger partial charge in [-0.1, -0.05) is 23.4 Å². The third-order valence-corrected chi connectivity index (χ3v) is 2.19. The SMILES string of the molecule is CNC(=O)c1nc(SC)ncc1Cl. The highest BCUT2D eigenvalue weighted by Crippen LogP contribution is 2.15. The van der Waals surface area contributed by atoms with Crippen molar-refractivity contribution in [2.75, 3.05) is 13.3 Å². The zero-order chi connectivity index (χ0) is 9.84. The Hall–Kier alpha value is -0.810. The van der Waals surface area contributed by atoms with Crippen molar-refractivity contribution < 1.29 is 4.79 Å². The highest BCUT2D eigenvalue weighted by atomic mass is 35.5. The second-order valence-corrected chi connectivity index (χ2v) is 3.31. The summed E-state index contributed by atoms with van der Waals surface area (Å²) in [6.45, 7) is 0. The van der Waals surface area contributed by atoms with E-state index in [2.05, 4.69) is 15.3 Å². The molecule has 0 unspecified atom stereocenters. The minimum absolute atomic E-state index is 0.212. The molecule has 1 rings (SSSR count). The number of rotatable bonds is 2. The third-order valence-electron chi connectivity index (χ3n) is 1.35. The number of carbonyl (C=O) groups is 1. The molecule has 0 saturated carbocycles. The highest BCUT2D eigenvalue weighted by Gasteiger charge is 2.11. The van der Waals surface area contributed by atoms with Gasteiger partial charge < -0.3 is 5.32 Å². The Balaban J connectivity index is 3.11. The molecular weight excluding hydrogens is 210 g/mol. The van der Waals surface area contributed by atoms with Crippen LogP contribution in [-0.4, -0.2) is 29.2 Å². The third kappa shape index (κ3) is 2.32. The minimum Gasteiger partial charge on any atom is -0.354 e. The maximum Gasteiger partial charge on any atom is 0.271 e. The summed E-state index contributed by atoms with van der Waals surface area (Å²) in [5.41, 5.74) is 0.212. The number of nitrogens with zero attached hydrogens (tertiary/aromatic N) is 2. The van der Waals surface area contributed by atoms with Gasteiger partial charge in [-0.3, -0.25) is 4.79 Å². The first kappa shape index (κ1) is 10.3. The van der Waals surface area contributed by atoms with E-state index in [9.17, 15) is 4.79 Å². The van der Waals surface area contributed by atoms with Crippen LogP contribution in [0.25, 0.3) is 0 Å². The maximum absolute atomic E-state index is 11.2. The van der Waals surface area contributed by atoms with Crippen molar-refractivity contribution >= 4 is 29.3 Å². The van der Waals surface area contributed by atoms with E-state index < -0.39 is 0 Å². The normalized spacial score (nSPS) is 9.77. The van der Waals surface area contributed by atoms with Crippen LogP contribution in [0.5, 0.6) is 0 Å². The van der Waals surface area contributed by atoms with Gasteiger partial charge >= 0.3 is 0 Å². The van der Waals surface area contributed by atoms with Gasteiger partial charge in [-0.05, 0) is 6.26 Å². The highest BCUT2D eigenvalue weighted by molar-refractivity contribution is 7.98. The molecule has 13 heavy (non-hydrogen) atoms. The number of hydrogen-bond acceptors (Lipinski definition) is 4. The largest absolute Gasteiger partial charge is 0.354 e.